The lowest BCUT2D eigenvalue weighted by atomic mass is 10.0. The average molecular weight is 334 g/mol. The van der Waals surface area contributed by atoms with E-state index in [4.69, 9.17) is 0 Å². The Morgan fingerprint density at radius 2 is 2.05 bits per heavy atom. The normalized spacial score (nSPS) is 33.0. The molecule has 0 aliphatic carbocycles. The van der Waals surface area contributed by atoms with Crippen molar-refractivity contribution < 1.29 is 9.59 Å². The largest absolute Gasteiger partial charge is 0.341 e. The molecule has 1 N–H and O–H groups in total. The van der Waals surface area contributed by atoms with Crippen molar-refractivity contribution in [3.05, 3.63) is 0 Å². The van der Waals surface area contributed by atoms with E-state index >= 15 is 0 Å². The van der Waals surface area contributed by atoms with Gasteiger partial charge in [0, 0.05) is 31.3 Å². The molecule has 0 bridgehead atoms. The quantitative estimate of drug-likeness (QED) is 0.821. The third-order valence-electron chi connectivity index (χ3n) is 4.94. The fraction of sp³-hybridized carbons (Fsp3) is 0.857. The van der Waals surface area contributed by atoms with Gasteiger partial charge in [-0.15, -0.1) is 24.2 Å². The van der Waals surface area contributed by atoms with E-state index < -0.39 is 0 Å². The van der Waals surface area contributed by atoms with E-state index in [0.717, 1.165) is 38.1 Å². The maximum atomic E-state index is 12.7. The van der Waals surface area contributed by atoms with Crippen molar-refractivity contribution in [2.45, 2.75) is 49.6 Å². The van der Waals surface area contributed by atoms with Gasteiger partial charge >= 0.3 is 0 Å². The highest BCUT2D eigenvalue weighted by molar-refractivity contribution is 8.01. The smallest absolute Gasteiger partial charge is 0.246 e. The number of carbonyl (C=O) groups excluding carboxylic acids is 2. The molecule has 0 aromatic heterocycles. The predicted molar refractivity (Wildman–Crippen MR) is 86.6 cm³/mol. The zero-order valence-corrected chi connectivity index (χ0v) is 14.3. The van der Waals surface area contributed by atoms with Crippen molar-refractivity contribution >= 4 is 36.0 Å². The lowest BCUT2D eigenvalue weighted by Crippen LogP contribution is -2.54. The van der Waals surface area contributed by atoms with E-state index in [2.05, 4.69) is 12.2 Å². The Bertz CT molecular complexity index is 428. The lowest BCUT2D eigenvalue weighted by Gasteiger charge is -2.36. The molecule has 21 heavy (non-hydrogen) atoms. The lowest BCUT2D eigenvalue weighted by molar-refractivity contribution is -0.144. The second-order valence-electron chi connectivity index (χ2n) is 6.15. The summed E-state index contributed by atoms with van der Waals surface area (Å²) >= 11 is 1.77. The molecule has 5 nitrogen and oxygen atoms in total. The summed E-state index contributed by atoms with van der Waals surface area (Å²) in [6.45, 7) is 3.72. The predicted octanol–water partition coefficient (Wildman–Crippen LogP) is 1.07. The van der Waals surface area contributed by atoms with Crippen LogP contribution in [0.1, 0.15) is 32.6 Å². The van der Waals surface area contributed by atoms with Crippen LogP contribution in [0.5, 0.6) is 0 Å². The Balaban J connectivity index is 0.00000161. The number of fused-ring (bicyclic) bond motifs is 1. The van der Waals surface area contributed by atoms with Crippen LogP contribution in [-0.4, -0.2) is 64.5 Å². The summed E-state index contributed by atoms with van der Waals surface area (Å²) in [5, 5.41) is 3.28. The van der Waals surface area contributed by atoms with Gasteiger partial charge < -0.3 is 15.1 Å². The summed E-state index contributed by atoms with van der Waals surface area (Å²) in [7, 11) is 1.98. The van der Waals surface area contributed by atoms with Gasteiger partial charge in [-0.05, 0) is 33.2 Å². The molecule has 3 aliphatic heterocycles. The molecule has 0 aromatic rings. The Kier molecular flexibility index (Phi) is 5.11. The SMILES string of the molecule is CNC1CCN(C(=O)C2CSC3(C)CCC(=O)N23)CC1.Cl. The minimum atomic E-state index is -0.230. The first kappa shape index (κ1) is 16.9. The molecule has 2 amide bonds. The monoisotopic (exact) mass is 333 g/mol. The molecular weight excluding hydrogens is 310 g/mol. The second-order valence-corrected chi connectivity index (χ2v) is 7.66. The maximum Gasteiger partial charge on any atom is 0.246 e. The van der Waals surface area contributed by atoms with Crippen LogP contribution in [0.15, 0.2) is 0 Å². The molecule has 2 unspecified atom stereocenters. The van der Waals surface area contributed by atoms with Gasteiger partial charge in [0.1, 0.15) is 6.04 Å². The summed E-state index contributed by atoms with van der Waals surface area (Å²) in [5.41, 5.74) is 0. The fourth-order valence-corrected chi connectivity index (χ4v) is 5.03. The van der Waals surface area contributed by atoms with Crippen LogP contribution in [0.2, 0.25) is 0 Å². The number of halogens is 1. The average Bonchev–Trinajstić information content (AvgIpc) is 2.95. The van der Waals surface area contributed by atoms with Gasteiger partial charge in [-0.1, -0.05) is 0 Å². The van der Waals surface area contributed by atoms with Gasteiger partial charge in [-0.25, -0.2) is 0 Å². The van der Waals surface area contributed by atoms with E-state index in [1.54, 1.807) is 11.8 Å². The second kappa shape index (κ2) is 6.34. The Morgan fingerprint density at radius 3 is 2.67 bits per heavy atom. The summed E-state index contributed by atoms with van der Waals surface area (Å²) in [5.74, 6) is 1.07. The number of amides is 2. The molecular formula is C14H24ClN3O2S. The Hall–Kier alpha value is -0.460. The molecule has 2 atom stereocenters. The number of thioether (sulfide) groups is 1. The Labute approximate surface area is 136 Å². The van der Waals surface area contributed by atoms with E-state index in [1.165, 1.54) is 0 Å². The highest BCUT2D eigenvalue weighted by Crippen LogP contribution is 2.47. The topological polar surface area (TPSA) is 52.7 Å². The molecule has 3 saturated heterocycles. The standard InChI is InChI=1S/C14H23N3O2S.ClH/c1-14-6-3-12(18)17(14)11(9-20-14)13(19)16-7-4-10(15-2)5-8-16;/h10-11,15H,3-9H2,1-2H3;1H. The fourth-order valence-electron chi connectivity index (χ4n) is 3.60. The van der Waals surface area contributed by atoms with Crippen molar-refractivity contribution in [3.63, 3.8) is 0 Å². The summed E-state index contributed by atoms with van der Waals surface area (Å²) < 4.78 is 0. The van der Waals surface area contributed by atoms with Gasteiger partial charge in [0.15, 0.2) is 0 Å². The molecule has 0 aromatic carbocycles. The van der Waals surface area contributed by atoms with Gasteiger partial charge in [0.25, 0.3) is 0 Å². The molecule has 3 aliphatic rings. The summed E-state index contributed by atoms with van der Waals surface area (Å²) in [6, 6.07) is 0.293. The van der Waals surface area contributed by atoms with Crippen LogP contribution in [0.4, 0.5) is 0 Å². The van der Waals surface area contributed by atoms with E-state index in [0.29, 0.717) is 12.5 Å². The zero-order valence-electron chi connectivity index (χ0n) is 12.6. The van der Waals surface area contributed by atoms with Crippen LogP contribution in [0, 0.1) is 0 Å². The molecule has 3 fully saturated rings. The summed E-state index contributed by atoms with van der Waals surface area (Å²) in [4.78, 5) is 28.5. The van der Waals surface area contributed by atoms with E-state index in [1.807, 2.05) is 16.8 Å². The number of nitrogens with one attached hydrogen (secondary N) is 1. The number of hydrogen-bond acceptors (Lipinski definition) is 4. The molecule has 120 valence electrons. The first-order chi connectivity index (χ1) is 9.55. The van der Waals surface area contributed by atoms with Crippen molar-refractivity contribution in [3.8, 4) is 0 Å². The number of nitrogens with zero attached hydrogens (tertiary/aromatic N) is 2. The van der Waals surface area contributed by atoms with E-state index in [-0.39, 0.29) is 35.1 Å². The molecule has 3 heterocycles. The molecule has 0 spiro atoms. The molecule has 0 saturated carbocycles. The van der Waals surface area contributed by atoms with Gasteiger partial charge in [-0.2, -0.15) is 0 Å². The zero-order chi connectivity index (χ0) is 14.3. The first-order valence-corrected chi connectivity index (χ1v) is 8.46. The molecule has 0 radical (unpaired) electrons. The molecule has 3 rings (SSSR count). The number of piperidine rings is 1. The van der Waals surface area contributed by atoms with Gasteiger partial charge in [0.05, 0.1) is 4.87 Å². The van der Waals surface area contributed by atoms with Crippen molar-refractivity contribution in [2.75, 3.05) is 25.9 Å². The van der Waals surface area contributed by atoms with Crippen LogP contribution in [-0.2, 0) is 9.59 Å². The van der Waals surface area contributed by atoms with E-state index in [9.17, 15) is 9.59 Å². The van der Waals surface area contributed by atoms with Crippen molar-refractivity contribution in [1.29, 1.82) is 0 Å². The van der Waals surface area contributed by atoms with Gasteiger partial charge in [-0.3, -0.25) is 9.59 Å². The summed E-state index contributed by atoms with van der Waals surface area (Å²) in [6.07, 6.45) is 3.48. The van der Waals surface area contributed by atoms with Crippen LogP contribution >= 0.6 is 24.2 Å². The first-order valence-electron chi connectivity index (χ1n) is 7.47. The number of likely N-dealkylation sites (tertiary alicyclic amines) is 1. The van der Waals surface area contributed by atoms with Crippen LogP contribution < -0.4 is 5.32 Å². The van der Waals surface area contributed by atoms with Crippen LogP contribution in [0.3, 0.4) is 0 Å². The number of carbonyl (C=O) groups is 2. The van der Waals surface area contributed by atoms with Crippen molar-refractivity contribution in [2.24, 2.45) is 0 Å². The number of rotatable bonds is 2. The Morgan fingerprint density at radius 1 is 1.38 bits per heavy atom. The number of hydrogen-bond donors (Lipinski definition) is 1. The third kappa shape index (κ3) is 2.90. The minimum absolute atomic E-state index is 0. The molecule has 7 heteroatoms. The van der Waals surface area contributed by atoms with Crippen LogP contribution in [0.25, 0.3) is 0 Å². The van der Waals surface area contributed by atoms with Gasteiger partial charge in [0.2, 0.25) is 11.8 Å². The highest BCUT2D eigenvalue weighted by atomic mass is 35.5. The third-order valence-corrected chi connectivity index (χ3v) is 6.45. The maximum absolute atomic E-state index is 12.7. The minimum Gasteiger partial charge on any atom is -0.341 e. The van der Waals surface area contributed by atoms with Crippen molar-refractivity contribution in [1.82, 2.24) is 15.1 Å². The highest BCUT2D eigenvalue weighted by Gasteiger charge is 2.53.